The minimum atomic E-state index is -0.179. The van der Waals surface area contributed by atoms with E-state index in [1.165, 1.54) is 44.9 Å². The van der Waals surface area contributed by atoms with Crippen LogP contribution in [0.3, 0.4) is 0 Å². The van der Waals surface area contributed by atoms with Crippen LogP contribution in [0.4, 0.5) is 0 Å². The fraction of sp³-hybridized carbons (Fsp3) is 0.938. The highest BCUT2D eigenvalue weighted by Gasteiger charge is 2.22. The Hall–Kier alpha value is -0.770. The molecule has 20 heavy (non-hydrogen) atoms. The normalized spacial score (nSPS) is 24.6. The summed E-state index contributed by atoms with van der Waals surface area (Å²) in [6.45, 7) is 5.57. The zero-order valence-corrected chi connectivity index (χ0v) is 13.0. The number of aliphatic hydroxyl groups is 1. The van der Waals surface area contributed by atoms with Crippen molar-refractivity contribution in [2.75, 3.05) is 26.2 Å². The van der Waals surface area contributed by atoms with Crippen molar-refractivity contribution in [2.45, 2.75) is 64.4 Å². The molecule has 0 bridgehead atoms. The Morgan fingerprint density at radius 3 is 2.70 bits per heavy atom. The number of aliphatic hydroxyl groups excluding tert-OH is 1. The Morgan fingerprint density at radius 2 is 2.05 bits per heavy atom. The monoisotopic (exact) mass is 281 g/mol. The van der Waals surface area contributed by atoms with E-state index in [9.17, 15) is 5.11 Å². The van der Waals surface area contributed by atoms with Crippen molar-refractivity contribution < 1.29 is 5.11 Å². The van der Waals surface area contributed by atoms with E-state index in [-0.39, 0.29) is 6.10 Å². The van der Waals surface area contributed by atoms with E-state index in [2.05, 4.69) is 17.1 Å². The number of hydrogen-bond donors (Lipinski definition) is 2. The lowest BCUT2D eigenvalue weighted by molar-refractivity contribution is 0.188. The zero-order chi connectivity index (χ0) is 14.2. The van der Waals surface area contributed by atoms with E-state index in [1.54, 1.807) is 0 Å². The molecule has 1 atom stereocenters. The summed E-state index contributed by atoms with van der Waals surface area (Å²) in [6.07, 6.45) is 10.4. The van der Waals surface area contributed by atoms with Gasteiger partial charge in [-0.3, -0.25) is 4.99 Å². The Labute approximate surface area is 123 Å². The first-order chi connectivity index (χ1) is 9.79. The van der Waals surface area contributed by atoms with Crippen molar-refractivity contribution in [1.82, 2.24) is 10.2 Å². The maximum absolute atomic E-state index is 9.62. The highest BCUT2D eigenvalue weighted by atomic mass is 16.3. The summed E-state index contributed by atoms with van der Waals surface area (Å²) in [5.41, 5.74) is 0. The van der Waals surface area contributed by atoms with Crippen LogP contribution < -0.4 is 5.32 Å². The number of nitrogens with one attached hydrogen (secondary N) is 1. The first-order valence-corrected chi connectivity index (χ1v) is 8.51. The molecule has 1 saturated carbocycles. The lowest BCUT2D eigenvalue weighted by Gasteiger charge is -2.20. The molecule has 2 rings (SSSR count). The molecule has 116 valence electrons. The van der Waals surface area contributed by atoms with Crippen LogP contribution in [0.1, 0.15) is 58.3 Å². The molecule has 1 aliphatic heterocycles. The molecule has 0 aromatic carbocycles. The summed E-state index contributed by atoms with van der Waals surface area (Å²) in [7, 11) is 0. The van der Waals surface area contributed by atoms with Gasteiger partial charge in [-0.05, 0) is 25.7 Å². The fourth-order valence-corrected chi connectivity index (χ4v) is 3.39. The molecular weight excluding hydrogens is 250 g/mol. The van der Waals surface area contributed by atoms with Gasteiger partial charge in [0, 0.05) is 26.2 Å². The average molecular weight is 281 g/mol. The SMILES string of the molecule is CCNC(=NCCCCC1CCCC1)N1CC[C@@H](O)C1. The van der Waals surface area contributed by atoms with Gasteiger partial charge in [0.1, 0.15) is 0 Å². The van der Waals surface area contributed by atoms with Gasteiger partial charge >= 0.3 is 0 Å². The summed E-state index contributed by atoms with van der Waals surface area (Å²) in [5, 5.41) is 13.0. The minimum Gasteiger partial charge on any atom is -0.391 e. The second kappa shape index (κ2) is 8.50. The molecule has 4 nitrogen and oxygen atoms in total. The van der Waals surface area contributed by atoms with E-state index in [0.717, 1.165) is 44.5 Å². The standard InChI is InChI=1S/C16H31N3O/c1-2-17-16(19-12-10-15(20)13-19)18-11-6-5-9-14-7-3-4-8-14/h14-15,20H,2-13H2,1H3,(H,17,18)/t15-/m1/s1. The van der Waals surface area contributed by atoms with Gasteiger partial charge in [0.2, 0.25) is 0 Å². The maximum atomic E-state index is 9.62. The summed E-state index contributed by atoms with van der Waals surface area (Å²) in [5.74, 6) is 1.99. The van der Waals surface area contributed by atoms with Crippen molar-refractivity contribution in [2.24, 2.45) is 10.9 Å². The van der Waals surface area contributed by atoms with Gasteiger partial charge in [0.25, 0.3) is 0 Å². The largest absolute Gasteiger partial charge is 0.391 e. The maximum Gasteiger partial charge on any atom is 0.194 e. The molecule has 0 spiro atoms. The molecule has 2 aliphatic rings. The molecule has 0 unspecified atom stereocenters. The molecule has 4 heteroatoms. The highest BCUT2D eigenvalue weighted by molar-refractivity contribution is 5.80. The van der Waals surface area contributed by atoms with E-state index in [0.29, 0.717) is 0 Å². The third kappa shape index (κ3) is 4.97. The number of unbranched alkanes of at least 4 members (excludes halogenated alkanes) is 1. The number of β-amino-alcohol motifs (C(OH)–C–C–N with tert-alkyl or cyclic N) is 1. The van der Waals surface area contributed by atoms with Crippen LogP contribution in [-0.2, 0) is 0 Å². The van der Waals surface area contributed by atoms with Crippen LogP contribution in [-0.4, -0.2) is 48.2 Å². The lowest BCUT2D eigenvalue weighted by Crippen LogP contribution is -2.40. The van der Waals surface area contributed by atoms with E-state index >= 15 is 0 Å². The van der Waals surface area contributed by atoms with Crippen LogP contribution >= 0.6 is 0 Å². The predicted octanol–water partition coefficient (Wildman–Crippen LogP) is 2.38. The van der Waals surface area contributed by atoms with Gasteiger partial charge in [-0.25, -0.2) is 0 Å². The van der Waals surface area contributed by atoms with Gasteiger partial charge < -0.3 is 15.3 Å². The van der Waals surface area contributed by atoms with Gasteiger partial charge in [0.15, 0.2) is 5.96 Å². The molecule has 0 radical (unpaired) electrons. The molecule has 2 N–H and O–H groups in total. The number of rotatable bonds is 6. The fourth-order valence-electron chi connectivity index (χ4n) is 3.39. The summed E-state index contributed by atoms with van der Waals surface area (Å²) in [6, 6.07) is 0. The zero-order valence-electron chi connectivity index (χ0n) is 13.0. The first kappa shape index (κ1) is 15.6. The Morgan fingerprint density at radius 1 is 1.25 bits per heavy atom. The highest BCUT2D eigenvalue weighted by Crippen LogP contribution is 2.28. The van der Waals surface area contributed by atoms with Gasteiger partial charge in [-0.2, -0.15) is 0 Å². The predicted molar refractivity (Wildman–Crippen MR) is 84.0 cm³/mol. The third-order valence-electron chi connectivity index (χ3n) is 4.55. The average Bonchev–Trinajstić information content (AvgIpc) is 3.08. The van der Waals surface area contributed by atoms with Crippen molar-refractivity contribution >= 4 is 5.96 Å². The van der Waals surface area contributed by atoms with Crippen molar-refractivity contribution in [1.29, 1.82) is 0 Å². The van der Waals surface area contributed by atoms with E-state index < -0.39 is 0 Å². The smallest absolute Gasteiger partial charge is 0.194 e. The number of likely N-dealkylation sites (tertiary alicyclic amines) is 1. The molecule has 1 heterocycles. The molecule has 1 saturated heterocycles. The molecular formula is C16H31N3O. The minimum absolute atomic E-state index is 0.179. The molecule has 1 aliphatic carbocycles. The van der Waals surface area contributed by atoms with Crippen LogP contribution in [0, 0.1) is 5.92 Å². The number of guanidine groups is 1. The first-order valence-electron chi connectivity index (χ1n) is 8.51. The van der Waals surface area contributed by atoms with Gasteiger partial charge in [-0.1, -0.05) is 38.5 Å². The third-order valence-corrected chi connectivity index (χ3v) is 4.55. The number of nitrogens with zero attached hydrogens (tertiary/aromatic N) is 2. The van der Waals surface area contributed by atoms with Crippen LogP contribution in [0.5, 0.6) is 0 Å². The lowest BCUT2D eigenvalue weighted by atomic mass is 10.0. The Kier molecular flexibility index (Phi) is 6.64. The van der Waals surface area contributed by atoms with Crippen LogP contribution in [0.25, 0.3) is 0 Å². The summed E-state index contributed by atoms with van der Waals surface area (Å²) >= 11 is 0. The van der Waals surface area contributed by atoms with Crippen molar-refractivity contribution in [3.8, 4) is 0 Å². The molecule has 2 fully saturated rings. The second-order valence-electron chi connectivity index (χ2n) is 6.27. The number of aliphatic imine (C=N–C) groups is 1. The van der Waals surface area contributed by atoms with Crippen molar-refractivity contribution in [3.63, 3.8) is 0 Å². The second-order valence-corrected chi connectivity index (χ2v) is 6.27. The molecule has 0 amide bonds. The topological polar surface area (TPSA) is 47.9 Å². The quantitative estimate of drug-likeness (QED) is 0.446. The number of hydrogen-bond acceptors (Lipinski definition) is 2. The van der Waals surface area contributed by atoms with E-state index in [4.69, 9.17) is 4.99 Å². The Bertz CT molecular complexity index is 300. The van der Waals surface area contributed by atoms with Gasteiger partial charge in [0.05, 0.1) is 6.10 Å². The summed E-state index contributed by atoms with van der Waals surface area (Å²) in [4.78, 5) is 6.90. The Balaban J connectivity index is 1.66. The van der Waals surface area contributed by atoms with E-state index in [1.807, 2.05) is 0 Å². The van der Waals surface area contributed by atoms with Crippen molar-refractivity contribution in [3.05, 3.63) is 0 Å². The van der Waals surface area contributed by atoms with Gasteiger partial charge in [-0.15, -0.1) is 0 Å². The molecule has 0 aromatic heterocycles. The van der Waals surface area contributed by atoms with Crippen LogP contribution in [0.2, 0.25) is 0 Å². The molecule has 0 aromatic rings. The van der Waals surface area contributed by atoms with Crippen LogP contribution in [0.15, 0.2) is 4.99 Å². The summed E-state index contributed by atoms with van der Waals surface area (Å²) < 4.78 is 0.